The highest BCUT2D eigenvalue weighted by Crippen LogP contribution is 2.30. The molecule has 3 heteroatoms. The molecule has 0 saturated heterocycles. The van der Waals surface area contributed by atoms with E-state index in [9.17, 15) is 9.18 Å². The van der Waals surface area contributed by atoms with Gasteiger partial charge in [0.1, 0.15) is 5.82 Å². The highest BCUT2D eigenvalue weighted by Gasteiger charge is 2.28. The van der Waals surface area contributed by atoms with E-state index in [4.69, 9.17) is 0 Å². The Hall–Kier alpha value is -2.03. The van der Waals surface area contributed by atoms with Crippen LogP contribution >= 0.6 is 0 Å². The van der Waals surface area contributed by atoms with Gasteiger partial charge in [0.2, 0.25) is 0 Å². The van der Waals surface area contributed by atoms with Crippen LogP contribution in [0.5, 0.6) is 0 Å². The van der Waals surface area contributed by atoms with Crippen LogP contribution in [-0.2, 0) is 12.8 Å². The van der Waals surface area contributed by atoms with Crippen molar-refractivity contribution in [2.45, 2.75) is 33.1 Å². The van der Waals surface area contributed by atoms with Gasteiger partial charge in [0, 0.05) is 17.7 Å². The molecule has 108 valence electrons. The molecule has 2 aromatic rings. The number of rotatable bonds is 2. The van der Waals surface area contributed by atoms with Gasteiger partial charge in [-0.1, -0.05) is 6.07 Å². The van der Waals surface area contributed by atoms with E-state index < -0.39 is 0 Å². The summed E-state index contributed by atoms with van der Waals surface area (Å²) in [7, 11) is 0. The molecule has 0 radical (unpaired) electrons. The lowest BCUT2D eigenvalue weighted by molar-refractivity contribution is 0.0900. The van der Waals surface area contributed by atoms with Gasteiger partial charge in [0.05, 0.1) is 6.20 Å². The Morgan fingerprint density at radius 1 is 1.29 bits per heavy atom. The first-order valence-corrected chi connectivity index (χ1v) is 7.29. The number of pyridine rings is 1. The van der Waals surface area contributed by atoms with Crippen LogP contribution in [-0.4, -0.2) is 10.8 Å². The molecule has 3 rings (SSSR count). The van der Waals surface area contributed by atoms with Gasteiger partial charge in [-0.2, -0.15) is 0 Å². The summed E-state index contributed by atoms with van der Waals surface area (Å²) in [5, 5.41) is 0. The van der Waals surface area contributed by atoms with Crippen LogP contribution in [0.25, 0.3) is 0 Å². The number of hydrogen-bond donors (Lipinski definition) is 0. The normalized spacial score (nSPS) is 17.7. The van der Waals surface area contributed by atoms with Gasteiger partial charge in [-0.15, -0.1) is 0 Å². The molecule has 0 N–H and O–H groups in total. The Bertz CT molecular complexity index is 708. The third-order valence-electron chi connectivity index (χ3n) is 4.44. The Morgan fingerprint density at radius 3 is 2.81 bits per heavy atom. The van der Waals surface area contributed by atoms with Gasteiger partial charge < -0.3 is 0 Å². The zero-order chi connectivity index (χ0) is 15.0. The Kier molecular flexibility index (Phi) is 3.58. The standard InChI is InChI=1S/C18H18FNO/c1-11-7-13-3-4-15(18(21)16(13)8-12(11)2)9-14-5-6-20-10-17(14)19/h5-8,10,15H,3-4,9H2,1-2H3. The second-order valence-electron chi connectivity index (χ2n) is 5.86. The van der Waals surface area contributed by atoms with E-state index in [2.05, 4.69) is 18.0 Å². The monoisotopic (exact) mass is 283 g/mol. The lowest BCUT2D eigenvalue weighted by Crippen LogP contribution is -2.25. The number of fused-ring (bicyclic) bond motifs is 1. The van der Waals surface area contributed by atoms with Crippen molar-refractivity contribution in [3.8, 4) is 0 Å². The highest BCUT2D eigenvalue weighted by atomic mass is 19.1. The van der Waals surface area contributed by atoms with E-state index in [0.717, 1.165) is 29.5 Å². The highest BCUT2D eigenvalue weighted by molar-refractivity contribution is 6.00. The molecule has 1 heterocycles. The van der Waals surface area contributed by atoms with E-state index in [0.29, 0.717) is 12.0 Å². The number of benzene rings is 1. The van der Waals surface area contributed by atoms with Gasteiger partial charge in [-0.3, -0.25) is 9.78 Å². The van der Waals surface area contributed by atoms with Crippen LogP contribution in [0, 0.1) is 25.6 Å². The van der Waals surface area contributed by atoms with Crippen molar-refractivity contribution < 1.29 is 9.18 Å². The van der Waals surface area contributed by atoms with Gasteiger partial charge in [-0.25, -0.2) is 4.39 Å². The predicted molar refractivity (Wildman–Crippen MR) is 80.0 cm³/mol. The topological polar surface area (TPSA) is 30.0 Å². The number of halogens is 1. The zero-order valence-corrected chi connectivity index (χ0v) is 12.3. The molecular weight excluding hydrogens is 265 g/mol. The third-order valence-corrected chi connectivity index (χ3v) is 4.44. The van der Waals surface area contributed by atoms with Gasteiger partial charge in [0.15, 0.2) is 5.78 Å². The van der Waals surface area contributed by atoms with Crippen LogP contribution in [0.15, 0.2) is 30.6 Å². The Morgan fingerprint density at radius 2 is 2.05 bits per heavy atom. The molecule has 1 aliphatic carbocycles. The fourth-order valence-corrected chi connectivity index (χ4v) is 3.02. The molecule has 0 spiro atoms. The summed E-state index contributed by atoms with van der Waals surface area (Å²) in [4.78, 5) is 16.4. The number of nitrogens with zero attached hydrogens (tertiary/aromatic N) is 1. The maximum Gasteiger partial charge on any atom is 0.166 e. The van der Waals surface area contributed by atoms with Gasteiger partial charge in [-0.05, 0) is 67.5 Å². The van der Waals surface area contributed by atoms with Gasteiger partial charge >= 0.3 is 0 Å². The van der Waals surface area contributed by atoms with E-state index in [-0.39, 0.29) is 17.5 Å². The molecular formula is C18H18FNO. The number of Topliss-reactive ketones (excluding diaryl/α,β-unsaturated/α-hetero) is 1. The van der Waals surface area contributed by atoms with E-state index in [1.807, 2.05) is 13.0 Å². The van der Waals surface area contributed by atoms with Crippen molar-refractivity contribution in [3.05, 3.63) is 64.2 Å². The van der Waals surface area contributed by atoms with Crippen LogP contribution in [0.4, 0.5) is 4.39 Å². The third kappa shape index (κ3) is 2.60. The second kappa shape index (κ2) is 5.40. The van der Waals surface area contributed by atoms with Crippen molar-refractivity contribution in [2.75, 3.05) is 0 Å². The van der Waals surface area contributed by atoms with Crippen molar-refractivity contribution in [1.82, 2.24) is 4.98 Å². The smallest absolute Gasteiger partial charge is 0.166 e. The first kappa shape index (κ1) is 13.9. The molecule has 0 saturated carbocycles. The van der Waals surface area contributed by atoms with Crippen LogP contribution < -0.4 is 0 Å². The average Bonchev–Trinajstić information content (AvgIpc) is 2.46. The number of carbonyl (C=O) groups excluding carboxylic acids is 1. The van der Waals surface area contributed by atoms with E-state index in [1.54, 1.807) is 12.3 Å². The number of aryl methyl sites for hydroxylation is 3. The molecule has 0 fully saturated rings. The predicted octanol–water partition coefficient (Wildman–Crippen LogP) is 3.83. The maximum atomic E-state index is 13.7. The number of hydrogen-bond acceptors (Lipinski definition) is 2. The summed E-state index contributed by atoms with van der Waals surface area (Å²) in [5.41, 5.74) is 4.90. The number of carbonyl (C=O) groups is 1. The number of aromatic nitrogens is 1. The van der Waals surface area contributed by atoms with Crippen LogP contribution in [0.3, 0.4) is 0 Å². The molecule has 1 aromatic heterocycles. The minimum absolute atomic E-state index is 0.128. The largest absolute Gasteiger partial charge is 0.294 e. The summed E-state index contributed by atoms with van der Waals surface area (Å²) in [5.74, 6) is -0.303. The Balaban J connectivity index is 1.89. The van der Waals surface area contributed by atoms with Crippen LogP contribution in [0.2, 0.25) is 0 Å². The first-order valence-electron chi connectivity index (χ1n) is 7.29. The Labute approximate surface area is 124 Å². The van der Waals surface area contributed by atoms with Crippen molar-refractivity contribution in [3.63, 3.8) is 0 Å². The van der Waals surface area contributed by atoms with Crippen molar-refractivity contribution in [2.24, 2.45) is 5.92 Å². The first-order chi connectivity index (χ1) is 10.1. The molecule has 2 nitrogen and oxygen atoms in total. The molecule has 1 aliphatic rings. The summed E-state index contributed by atoms with van der Waals surface area (Å²) < 4.78 is 13.7. The van der Waals surface area contributed by atoms with Crippen molar-refractivity contribution in [1.29, 1.82) is 0 Å². The molecule has 0 bridgehead atoms. The summed E-state index contributed by atoms with van der Waals surface area (Å²) in [6.45, 7) is 4.09. The molecule has 21 heavy (non-hydrogen) atoms. The quantitative estimate of drug-likeness (QED) is 0.838. The molecule has 0 amide bonds. The maximum absolute atomic E-state index is 13.7. The van der Waals surface area contributed by atoms with Gasteiger partial charge in [0.25, 0.3) is 0 Å². The lowest BCUT2D eigenvalue weighted by Gasteiger charge is -2.24. The summed E-state index contributed by atoms with van der Waals surface area (Å²) in [6, 6.07) is 5.77. The van der Waals surface area contributed by atoms with Crippen molar-refractivity contribution >= 4 is 5.78 Å². The minimum atomic E-state index is -0.323. The minimum Gasteiger partial charge on any atom is -0.294 e. The fourth-order valence-electron chi connectivity index (χ4n) is 3.02. The zero-order valence-electron chi connectivity index (χ0n) is 12.3. The molecule has 1 atom stereocenters. The van der Waals surface area contributed by atoms with E-state index in [1.165, 1.54) is 11.8 Å². The number of ketones is 1. The lowest BCUT2D eigenvalue weighted by atomic mass is 9.78. The SMILES string of the molecule is Cc1cc2c(cc1C)C(=O)C(Cc1ccncc1F)CC2. The van der Waals surface area contributed by atoms with E-state index >= 15 is 0 Å². The molecule has 1 aromatic carbocycles. The molecule has 0 aliphatic heterocycles. The summed E-state index contributed by atoms with van der Waals surface area (Å²) in [6.07, 6.45) is 4.92. The molecule has 1 unspecified atom stereocenters. The average molecular weight is 283 g/mol. The second-order valence-corrected chi connectivity index (χ2v) is 5.86. The summed E-state index contributed by atoms with van der Waals surface area (Å²) >= 11 is 0. The van der Waals surface area contributed by atoms with Crippen LogP contribution in [0.1, 0.15) is 39.0 Å². The fraction of sp³-hybridized carbons (Fsp3) is 0.333.